The van der Waals surface area contributed by atoms with Crippen LogP contribution in [0.4, 0.5) is 0 Å². The number of aromatic hydroxyl groups is 1. The van der Waals surface area contributed by atoms with Crippen LogP contribution in [0, 0.1) is 28.6 Å². The molecule has 5 heteroatoms. The Morgan fingerprint density at radius 2 is 1.70 bits per heavy atom. The minimum absolute atomic E-state index is 0.0477. The van der Waals surface area contributed by atoms with Gasteiger partial charge in [0.15, 0.2) is 0 Å². The maximum absolute atomic E-state index is 12.2. The predicted molar refractivity (Wildman–Crippen MR) is 184 cm³/mol. The van der Waals surface area contributed by atoms with Gasteiger partial charge in [0, 0.05) is 17.3 Å². The van der Waals surface area contributed by atoms with Crippen LogP contribution in [0.15, 0.2) is 36.4 Å². The van der Waals surface area contributed by atoms with Crippen molar-refractivity contribution in [3.8, 4) is 5.75 Å². The number of rotatable bonds is 4. The van der Waals surface area contributed by atoms with Crippen LogP contribution in [0.1, 0.15) is 145 Å². The lowest BCUT2D eigenvalue weighted by Crippen LogP contribution is -2.54. The SMILES string of the molecule is CC(C)c1ccc2c(c1)CCC1C(C)(C(N)=O)CCCC21C.CCC(=O)OC1CCC2C3CCc4cc(O)ccc4C3CCC12C. The van der Waals surface area contributed by atoms with Gasteiger partial charge < -0.3 is 15.6 Å². The lowest BCUT2D eigenvalue weighted by molar-refractivity contribution is -0.157. The van der Waals surface area contributed by atoms with Crippen molar-refractivity contribution in [1.29, 1.82) is 0 Å². The molecule has 8 atom stereocenters. The Morgan fingerprint density at radius 3 is 2.41 bits per heavy atom. The average molecular weight is 628 g/mol. The van der Waals surface area contributed by atoms with Gasteiger partial charge >= 0.3 is 5.97 Å². The molecule has 0 radical (unpaired) electrons. The number of primary amides is 1. The van der Waals surface area contributed by atoms with E-state index in [1.54, 1.807) is 0 Å². The molecule has 46 heavy (non-hydrogen) atoms. The van der Waals surface area contributed by atoms with Gasteiger partial charge in [0.2, 0.25) is 5.91 Å². The zero-order valence-electron chi connectivity index (χ0n) is 29.2. The zero-order chi connectivity index (χ0) is 33.0. The maximum atomic E-state index is 12.2. The molecule has 5 aliphatic carbocycles. The molecule has 0 aliphatic heterocycles. The molecule has 250 valence electrons. The topological polar surface area (TPSA) is 89.6 Å². The molecule has 1 amide bonds. The van der Waals surface area contributed by atoms with Crippen LogP contribution in [0.5, 0.6) is 5.75 Å². The molecule has 5 aliphatic rings. The van der Waals surface area contributed by atoms with Gasteiger partial charge in [-0.15, -0.1) is 0 Å². The normalized spacial score (nSPS) is 35.8. The molecule has 3 saturated carbocycles. The molecule has 2 aromatic carbocycles. The summed E-state index contributed by atoms with van der Waals surface area (Å²) in [7, 11) is 0. The Hall–Kier alpha value is -2.82. The van der Waals surface area contributed by atoms with Gasteiger partial charge in [0.05, 0.1) is 0 Å². The summed E-state index contributed by atoms with van der Waals surface area (Å²) in [6.45, 7) is 13.2. The van der Waals surface area contributed by atoms with Gasteiger partial charge in [-0.3, -0.25) is 9.59 Å². The second-order valence-corrected chi connectivity index (χ2v) is 16.5. The highest BCUT2D eigenvalue weighted by Gasteiger charge is 2.56. The number of benzene rings is 2. The molecule has 0 spiro atoms. The average Bonchev–Trinajstić information content (AvgIpc) is 3.36. The van der Waals surface area contributed by atoms with Gasteiger partial charge in [-0.25, -0.2) is 0 Å². The van der Waals surface area contributed by atoms with E-state index in [0.29, 0.717) is 41.8 Å². The number of phenolic OH excluding ortho intramolecular Hbond substituents is 1. The van der Waals surface area contributed by atoms with E-state index in [1.165, 1.54) is 53.5 Å². The number of fused-ring (bicyclic) bond motifs is 8. The first-order chi connectivity index (χ1) is 21.8. The number of nitrogens with two attached hydrogens (primary N) is 1. The molecule has 2 aromatic rings. The van der Waals surface area contributed by atoms with Crippen LogP contribution in [0.25, 0.3) is 0 Å². The first-order valence-electron chi connectivity index (χ1n) is 18.3. The summed E-state index contributed by atoms with van der Waals surface area (Å²) in [5, 5.41) is 9.77. The second kappa shape index (κ2) is 12.3. The molecule has 8 unspecified atom stereocenters. The third-order valence-electron chi connectivity index (χ3n) is 13.8. The Morgan fingerprint density at radius 1 is 0.935 bits per heavy atom. The molecule has 0 heterocycles. The van der Waals surface area contributed by atoms with E-state index in [2.05, 4.69) is 58.9 Å². The summed E-state index contributed by atoms with van der Waals surface area (Å²) < 4.78 is 5.83. The maximum Gasteiger partial charge on any atom is 0.305 e. The van der Waals surface area contributed by atoms with Crippen molar-refractivity contribution in [2.45, 2.75) is 142 Å². The summed E-state index contributed by atoms with van der Waals surface area (Å²) in [6, 6.07) is 13.0. The number of esters is 1. The first kappa shape index (κ1) is 33.1. The van der Waals surface area contributed by atoms with E-state index in [9.17, 15) is 14.7 Å². The predicted octanol–water partition coefficient (Wildman–Crippen LogP) is 8.88. The van der Waals surface area contributed by atoms with Gasteiger partial charge in [-0.2, -0.15) is 0 Å². The fraction of sp³-hybridized carbons (Fsp3) is 0.659. The van der Waals surface area contributed by atoms with E-state index in [1.807, 2.05) is 19.1 Å². The highest BCUT2D eigenvalue weighted by Crippen LogP contribution is 2.62. The lowest BCUT2D eigenvalue weighted by atomic mass is 9.49. The van der Waals surface area contributed by atoms with Gasteiger partial charge in [-0.1, -0.05) is 72.2 Å². The summed E-state index contributed by atoms with van der Waals surface area (Å²) >= 11 is 0. The molecule has 7 rings (SSSR count). The molecular formula is C41H57NO4. The number of hydrogen-bond donors (Lipinski definition) is 2. The summed E-state index contributed by atoms with van der Waals surface area (Å²) in [5.41, 5.74) is 12.9. The molecular weight excluding hydrogens is 570 g/mol. The number of ether oxygens (including phenoxy) is 1. The highest BCUT2D eigenvalue weighted by molar-refractivity contribution is 5.81. The van der Waals surface area contributed by atoms with Crippen LogP contribution >= 0.6 is 0 Å². The number of phenols is 1. The summed E-state index contributed by atoms with van der Waals surface area (Å²) in [5.74, 6) is 3.16. The van der Waals surface area contributed by atoms with E-state index in [-0.39, 0.29) is 34.2 Å². The Balaban J connectivity index is 0.000000162. The van der Waals surface area contributed by atoms with E-state index in [0.717, 1.165) is 44.9 Å². The van der Waals surface area contributed by atoms with Crippen molar-refractivity contribution in [3.63, 3.8) is 0 Å². The molecule has 0 aromatic heterocycles. The highest BCUT2D eigenvalue weighted by atomic mass is 16.5. The lowest BCUT2D eigenvalue weighted by Gasteiger charge is -2.54. The molecule has 3 fully saturated rings. The van der Waals surface area contributed by atoms with Crippen molar-refractivity contribution >= 4 is 11.9 Å². The van der Waals surface area contributed by atoms with E-state index >= 15 is 0 Å². The van der Waals surface area contributed by atoms with E-state index in [4.69, 9.17) is 10.5 Å². The Kier molecular flexibility index (Phi) is 8.87. The van der Waals surface area contributed by atoms with Crippen LogP contribution < -0.4 is 5.73 Å². The smallest absolute Gasteiger partial charge is 0.305 e. The third-order valence-corrected chi connectivity index (χ3v) is 13.8. The molecule has 5 nitrogen and oxygen atoms in total. The van der Waals surface area contributed by atoms with Gasteiger partial charge in [0.25, 0.3) is 0 Å². The number of carbonyl (C=O) groups is 2. The van der Waals surface area contributed by atoms with Crippen LogP contribution in [-0.2, 0) is 32.6 Å². The third kappa shape index (κ3) is 5.48. The summed E-state index contributed by atoms with van der Waals surface area (Å²) in [6.07, 6.45) is 12.8. The van der Waals surface area contributed by atoms with Crippen molar-refractivity contribution in [1.82, 2.24) is 0 Å². The van der Waals surface area contributed by atoms with Gasteiger partial charge in [-0.05, 0) is 139 Å². The number of carbonyl (C=O) groups excluding carboxylic acids is 2. The standard InChI is InChI=1S/C21H28O3.C20H29NO/c1-3-20(23)24-19-9-8-18-17-6-4-13-12-14(22)5-7-15(13)16(17)10-11-21(18,19)2;1-13(2)14-6-8-16-15(12-14)7-9-17-19(16,3)10-5-11-20(17,4)18(21)22/h5,7,12,16-19,22H,3-4,6,8-11H2,1-2H3;6,8,12-13,17H,5,7,9-11H2,1-4H3,(H2,21,22). The minimum atomic E-state index is -0.346. The Labute approximate surface area is 277 Å². The quantitative estimate of drug-likeness (QED) is 0.331. The number of aryl methyl sites for hydroxylation is 2. The van der Waals surface area contributed by atoms with Crippen molar-refractivity contribution in [2.75, 3.05) is 0 Å². The fourth-order valence-electron chi connectivity index (χ4n) is 11.1. The van der Waals surface area contributed by atoms with Crippen LogP contribution in [0.3, 0.4) is 0 Å². The Bertz CT molecular complexity index is 1480. The number of amides is 1. The molecule has 3 N–H and O–H groups in total. The zero-order valence-corrected chi connectivity index (χ0v) is 29.2. The minimum Gasteiger partial charge on any atom is -0.508 e. The van der Waals surface area contributed by atoms with Crippen molar-refractivity contribution in [2.24, 2.45) is 34.3 Å². The van der Waals surface area contributed by atoms with Gasteiger partial charge in [0.1, 0.15) is 11.9 Å². The molecule has 0 saturated heterocycles. The van der Waals surface area contributed by atoms with Crippen molar-refractivity contribution < 1.29 is 19.4 Å². The fourth-order valence-corrected chi connectivity index (χ4v) is 11.1. The number of hydrogen-bond acceptors (Lipinski definition) is 4. The van der Waals surface area contributed by atoms with Crippen LogP contribution in [-0.4, -0.2) is 23.1 Å². The monoisotopic (exact) mass is 627 g/mol. The largest absolute Gasteiger partial charge is 0.508 e. The van der Waals surface area contributed by atoms with E-state index < -0.39 is 0 Å². The first-order valence-corrected chi connectivity index (χ1v) is 18.3. The summed E-state index contributed by atoms with van der Waals surface area (Å²) in [4.78, 5) is 24.0. The second-order valence-electron chi connectivity index (χ2n) is 16.5. The van der Waals surface area contributed by atoms with Crippen LogP contribution in [0.2, 0.25) is 0 Å². The molecule has 0 bridgehead atoms. The van der Waals surface area contributed by atoms with Crippen molar-refractivity contribution in [3.05, 3.63) is 64.2 Å².